The van der Waals surface area contributed by atoms with Gasteiger partial charge in [-0.05, 0) is 24.6 Å². The Morgan fingerprint density at radius 3 is 2.50 bits per heavy atom. The molecule has 20 heavy (non-hydrogen) atoms. The SMILES string of the molecule is O=C1CC[C@H](N2C(=O)c3ccc(O)cc3C2=O)C(=O)N1. The average Bonchev–Trinajstić information content (AvgIpc) is 2.63. The minimum Gasteiger partial charge on any atom is -0.508 e. The summed E-state index contributed by atoms with van der Waals surface area (Å²) in [6, 6.07) is 2.86. The van der Waals surface area contributed by atoms with Crippen molar-refractivity contribution >= 4 is 23.6 Å². The smallest absolute Gasteiger partial charge is 0.262 e. The van der Waals surface area contributed by atoms with Crippen LogP contribution in [0.15, 0.2) is 18.2 Å². The molecule has 1 aromatic rings. The molecule has 1 aromatic carbocycles. The van der Waals surface area contributed by atoms with E-state index in [1.54, 1.807) is 0 Å². The van der Waals surface area contributed by atoms with Crippen LogP contribution in [0.1, 0.15) is 33.6 Å². The number of phenols is 1. The summed E-state index contributed by atoms with van der Waals surface area (Å²) in [5, 5.41) is 11.5. The topological polar surface area (TPSA) is 104 Å². The van der Waals surface area contributed by atoms with E-state index in [0.717, 1.165) is 4.90 Å². The van der Waals surface area contributed by atoms with Crippen LogP contribution in [0.2, 0.25) is 0 Å². The van der Waals surface area contributed by atoms with Crippen molar-refractivity contribution in [1.82, 2.24) is 10.2 Å². The van der Waals surface area contributed by atoms with E-state index in [1.807, 2.05) is 0 Å². The molecule has 1 saturated heterocycles. The number of carbonyl (C=O) groups excluding carboxylic acids is 4. The second kappa shape index (κ2) is 4.16. The van der Waals surface area contributed by atoms with Gasteiger partial charge in [-0.15, -0.1) is 0 Å². The summed E-state index contributed by atoms with van der Waals surface area (Å²) >= 11 is 0. The second-order valence-electron chi connectivity index (χ2n) is 4.68. The molecule has 7 nitrogen and oxygen atoms in total. The van der Waals surface area contributed by atoms with E-state index < -0.39 is 29.7 Å². The highest BCUT2D eigenvalue weighted by Gasteiger charge is 2.44. The van der Waals surface area contributed by atoms with Gasteiger partial charge >= 0.3 is 0 Å². The molecule has 0 bridgehead atoms. The Balaban J connectivity index is 1.97. The lowest BCUT2D eigenvalue weighted by Crippen LogP contribution is -2.54. The maximum atomic E-state index is 12.2. The van der Waals surface area contributed by atoms with Crippen molar-refractivity contribution in [1.29, 1.82) is 0 Å². The number of imide groups is 2. The third-order valence-corrected chi connectivity index (χ3v) is 3.42. The van der Waals surface area contributed by atoms with Crippen LogP contribution >= 0.6 is 0 Å². The molecule has 7 heteroatoms. The van der Waals surface area contributed by atoms with Crippen LogP contribution in [0.5, 0.6) is 5.75 Å². The van der Waals surface area contributed by atoms with E-state index in [9.17, 15) is 24.3 Å². The maximum absolute atomic E-state index is 12.2. The highest BCUT2D eigenvalue weighted by Crippen LogP contribution is 2.29. The van der Waals surface area contributed by atoms with Gasteiger partial charge < -0.3 is 5.11 Å². The predicted molar refractivity (Wildman–Crippen MR) is 64.8 cm³/mol. The minimum absolute atomic E-state index is 0.0692. The largest absolute Gasteiger partial charge is 0.508 e. The Hall–Kier alpha value is -2.70. The summed E-state index contributed by atoms with van der Waals surface area (Å²) < 4.78 is 0. The number of nitrogens with one attached hydrogen (secondary N) is 1. The molecule has 2 N–H and O–H groups in total. The Morgan fingerprint density at radius 2 is 1.80 bits per heavy atom. The summed E-state index contributed by atoms with van der Waals surface area (Å²) in [5.74, 6) is -2.41. The molecule has 0 aliphatic carbocycles. The zero-order chi connectivity index (χ0) is 14.4. The number of phenolic OH excluding ortho intramolecular Hbond substituents is 1. The standard InChI is InChI=1S/C13H10N2O5/c16-6-1-2-7-8(5-6)13(20)15(12(7)19)9-3-4-10(17)14-11(9)18/h1-2,5,9,16H,3-4H2,(H,14,17,18)/t9-/m0/s1. The number of amides is 4. The van der Waals surface area contributed by atoms with Crippen LogP contribution in [0, 0.1) is 0 Å². The number of hydrogen-bond acceptors (Lipinski definition) is 5. The third-order valence-electron chi connectivity index (χ3n) is 3.42. The van der Waals surface area contributed by atoms with Gasteiger partial charge in [-0.25, -0.2) is 0 Å². The average molecular weight is 274 g/mol. The van der Waals surface area contributed by atoms with Gasteiger partial charge in [-0.2, -0.15) is 0 Å². The summed E-state index contributed by atoms with van der Waals surface area (Å²) in [6.45, 7) is 0. The maximum Gasteiger partial charge on any atom is 0.262 e. The molecule has 0 spiro atoms. The van der Waals surface area contributed by atoms with E-state index in [0.29, 0.717) is 0 Å². The van der Waals surface area contributed by atoms with Gasteiger partial charge in [0.2, 0.25) is 11.8 Å². The molecule has 0 radical (unpaired) electrons. The Kier molecular flexibility index (Phi) is 2.56. The van der Waals surface area contributed by atoms with Crippen LogP contribution in [-0.2, 0) is 9.59 Å². The number of rotatable bonds is 1. The van der Waals surface area contributed by atoms with Crippen LogP contribution in [0.4, 0.5) is 0 Å². The Labute approximate surface area is 113 Å². The van der Waals surface area contributed by atoms with E-state index >= 15 is 0 Å². The lowest BCUT2D eigenvalue weighted by Gasteiger charge is -2.27. The van der Waals surface area contributed by atoms with Crippen molar-refractivity contribution < 1.29 is 24.3 Å². The molecule has 102 valence electrons. The van der Waals surface area contributed by atoms with Gasteiger partial charge in [-0.3, -0.25) is 29.4 Å². The molecular weight excluding hydrogens is 264 g/mol. The highest BCUT2D eigenvalue weighted by atomic mass is 16.3. The van der Waals surface area contributed by atoms with Crippen LogP contribution in [0.25, 0.3) is 0 Å². The van der Waals surface area contributed by atoms with Gasteiger partial charge in [-0.1, -0.05) is 0 Å². The molecule has 1 fully saturated rings. The lowest BCUT2D eigenvalue weighted by atomic mass is 10.0. The molecule has 0 saturated carbocycles. The first-order valence-electron chi connectivity index (χ1n) is 6.03. The number of aromatic hydroxyl groups is 1. The van der Waals surface area contributed by atoms with Crippen molar-refractivity contribution in [3.8, 4) is 5.75 Å². The van der Waals surface area contributed by atoms with E-state index in [-0.39, 0.29) is 29.7 Å². The fourth-order valence-corrected chi connectivity index (χ4v) is 2.46. The van der Waals surface area contributed by atoms with Crippen molar-refractivity contribution in [2.75, 3.05) is 0 Å². The monoisotopic (exact) mass is 274 g/mol. The highest BCUT2D eigenvalue weighted by molar-refractivity contribution is 6.23. The van der Waals surface area contributed by atoms with Crippen LogP contribution in [-0.4, -0.2) is 39.7 Å². The molecule has 0 unspecified atom stereocenters. The first-order chi connectivity index (χ1) is 9.49. The fourth-order valence-electron chi connectivity index (χ4n) is 2.46. The first-order valence-corrected chi connectivity index (χ1v) is 6.03. The van der Waals surface area contributed by atoms with Gasteiger partial charge in [0, 0.05) is 6.42 Å². The molecule has 4 amide bonds. The first kappa shape index (κ1) is 12.3. The summed E-state index contributed by atoms with van der Waals surface area (Å²) in [4.78, 5) is 48.2. The van der Waals surface area contributed by atoms with Gasteiger partial charge in [0.05, 0.1) is 11.1 Å². The molecule has 0 aromatic heterocycles. The van der Waals surface area contributed by atoms with Gasteiger partial charge in [0.15, 0.2) is 0 Å². The zero-order valence-electron chi connectivity index (χ0n) is 10.3. The van der Waals surface area contributed by atoms with Crippen molar-refractivity contribution in [2.24, 2.45) is 0 Å². The summed E-state index contributed by atoms with van der Waals surface area (Å²) in [7, 11) is 0. The molecule has 2 aliphatic rings. The molecule has 2 aliphatic heterocycles. The summed E-state index contributed by atoms with van der Waals surface area (Å²) in [6.07, 6.45) is 0.192. The lowest BCUT2D eigenvalue weighted by molar-refractivity contribution is -0.136. The summed E-state index contributed by atoms with van der Waals surface area (Å²) in [5.41, 5.74) is 0.220. The fraction of sp³-hybridized carbons (Fsp3) is 0.231. The molecule has 2 heterocycles. The van der Waals surface area contributed by atoms with Crippen molar-refractivity contribution in [2.45, 2.75) is 18.9 Å². The number of nitrogens with zero attached hydrogens (tertiary/aromatic N) is 1. The quantitative estimate of drug-likeness (QED) is 0.690. The minimum atomic E-state index is -0.984. The Bertz CT molecular complexity index is 667. The predicted octanol–water partition coefficient (Wildman–Crippen LogP) is -0.207. The van der Waals surface area contributed by atoms with E-state index in [1.165, 1.54) is 18.2 Å². The molecule has 1 atom stereocenters. The number of piperidine rings is 1. The molecular formula is C13H10N2O5. The van der Waals surface area contributed by atoms with Crippen molar-refractivity contribution in [3.05, 3.63) is 29.3 Å². The van der Waals surface area contributed by atoms with E-state index in [4.69, 9.17) is 0 Å². The van der Waals surface area contributed by atoms with Crippen LogP contribution < -0.4 is 5.32 Å². The number of hydrogen-bond donors (Lipinski definition) is 2. The normalized spacial score (nSPS) is 22.0. The van der Waals surface area contributed by atoms with Gasteiger partial charge in [0.1, 0.15) is 11.8 Å². The number of benzene rings is 1. The van der Waals surface area contributed by atoms with E-state index in [2.05, 4.69) is 5.32 Å². The molecule has 3 rings (SSSR count). The number of fused-ring (bicyclic) bond motifs is 1. The number of carbonyl (C=O) groups is 4. The Morgan fingerprint density at radius 1 is 1.10 bits per heavy atom. The second-order valence-corrected chi connectivity index (χ2v) is 4.68. The van der Waals surface area contributed by atoms with Gasteiger partial charge in [0.25, 0.3) is 11.8 Å². The van der Waals surface area contributed by atoms with Crippen molar-refractivity contribution in [3.63, 3.8) is 0 Å². The zero-order valence-corrected chi connectivity index (χ0v) is 10.3. The van der Waals surface area contributed by atoms with Crippen LogP contribution in [0.3, 0.4) is 0 Å². The third kappa shape index (κ3) is 1.67.